The van der Waals surface area contributed by atoms with E-state index in [2.05, 4.69) is 17.9 Å². The Hall–Kier alpha value is -1.69. The highest BCUT2D eigenvalue weighted by Crippen LogP contribution is 2.29. The Morgan fingerprint density at radius 2 is 2.18 bits per heavy atom. The van der Waals surface area contributed by atoms with Crippen molar-refractivity contribution in [3.63, 3.8) is 0 Å². The molecular weight excluding hydrogens is 210 g/mol. The number of nitrogens with zero attached hydrogens (tertiary/aromatic N) is 2. The number of hydrogen-bond donors (Lipinski definition) is 1. The molecule has 1 aliphatic heterocycles. The third kappa shape index (κ3) is 2.52. The van der Waals surface area contributed by atoms with Crippen LogP contribution in [0.1, 0.15) is 38.2 Å². The van der Waals surface area contributed by atoms with Gasteiger partial charge in [-0.3, -0.25) is 0 Å². The van der Waals surface area contributed by atoms with E-state index < -0.39 is 0 Å². The Bertz CT molecular complexity index is 434. The van der Waals surface area contributed by atoms with Gasteiger partial charge in [-0.25, -0.2) is 0 Å². The van der Waals surface area contributed by atoms with E-state index in [1.165, 1.54) is 25.7 Å². The van der Waals surface area contributed by atoms with Gasteiger partial charge in [0.25, 0.3) is 0 Å². The number of rotatable bonds is 1. The van der Waals surface area contributed by atoms with Crippen LogP contribution in [0.5, 0.6) is 0 Å². The van der Waals surface area contributed by atoms with E-state index in [-0.39, 0.29) is 0 Å². The van der Waals surface area contributed by atoms with Crippen molar-refractivity contribution in [2.75, 3.05) is 17.2 Å². The number of benzene rings is 1. The molecule has 3 nitrogen and oxygen atoms in total. The van der Waals surface area contributed by atoms with Crippen LogP contribution in [0.3, 0.4) is 0 Å². The van der Waals surface area contributed by atoms with Crippen LogP contribution >= 0.6 is 0 Å². The van der Waals surface area contributed by atoms with Gasteiger partial charge in [-0.15, -0.1) is 0 Å². The lowest BCUT2D eigenvalue weighted by Crippen LogP contribution is -2.33. The zero-order valence-electron chi connectivity index (χ0n) is 10.3. The average molecular weight is 229 g/mol. The van der Waals surface area contributed by atoms with E-state index in [1.807, 2.05) is 12.1 Å². The van der Waals surface area contributed by atoms with E-state index in [4.69, 9.17) is 11.0 Å². The summed E-state index contributed by atoms with van der Waals surface area (Å²) in [5.41, 5.74) is 8.48. The van der Waals surface area contributed by atoms with Crippen molar-refractivity contribution in [1.29, 1.82) is 5.26 Å². The molecule has 90 valence electrons. The highest BCUT2D eigenvalue weighted by atomic mass is 15.2. The van der Waals surface area contributed by atoms with Gasteiger partial charge < -0.3 is 10.6 Å². The van der Waals surface area contributed by atoms with E-state index in [9.17, 15) is 0 Å². The summed E-state index contributed by atoms with van der Waals surface area (Å²) < 4.78 is 0. The molecule has 1 saturated heterocycles. The second-order valence-corrected chi connectivity index (χ2v) is 4.78. The molecule has 2 rings (SSSR count). The minimum Gasteiger partial charge on any atom is -0.397 e. The highest BCUT2D eigenvalue weighted by Gasteiger charge is 2.18. The van der Waals surface area contributed by atoms with Gasteiger partial charge in [0.2, 0.25) is 0 Å². The third-order valence-corrected chi connectivity index (χ3v) is 3.52. The summed E-state index contributed by atoms with van der Waals surface area (Å²) in [5.74, 6) is 0. The summed E-state index contributed by atoms with van der Waals surface area (Å²) >= 11 is 0. The lowest BCUT2D eigenvalue weighted by atomic mass is 10.1. The smallest absolute Gasteiger partial charge is 0.0992 e. The number of hydrogen-bond acceptors (Lipinski definition) is 3. The third-order valence-electron chi connectivity index (χ3n) is 3.52. The summed E-state index contributed by atoms with van der Waals surface area (Å²) in [6, 6.07) is 8.26. The van der Waals surface area contributed by atoms with Crippen LogP contribution in [-0.4, -0.2) is 12.6 Å². The Labute approximate surface area is 103 Å². The van der Waals surface area contributed by atoms with Crippen molar-refractivity contribution >= 4 is 11.4 Å². The summed E-state index contributed by atoms with van der Waals surface area (Å²) in [5, 5.41) is 8.84. The minimum absolute atomic E-state index is 0.535. The Morgan fingerprint density at radius 3 is 2.88 bits per heavy atom. The maximum Gasteiger partial charge on any atom is 0.0992 e. The van der Waals surface area contributed by atoms with Crippen LogP contribution in [0.15, 0.2) is 18.2 Å². The fraction of sp³-hybridized carbons (Fsp3) is 0.500. The van der Waals surface area contributed by atoms with Crippen LogP contribution in [0.2, 0.25) is 0 Å². The van der Waals surface area contributed by atoms with Crippen molar-refractivity contribution in [3.8, 4) is 6.07 Å². The van der Waals surface area contributed by atoms with Crippen molar-refractivity contribution in [2.24, 2.45) is 0 Å². The summed E-state index contributed by atoms with van der Waals surface area (Å²) in [7, 11) is 0. The summed E-state index contributed by atoms with van der Waals surface area (Å²) in [6.07, 6.45) is 5.05. The molecular formula is C14H19N3. The standard InChI is InChI=1S/C14H19N3/c1-11-5-3-2-4-8-17(11)14-7-6-12(10-15)9-13(14)16/h6-7,9,11H,2-5,8,16H2,1H3. The van der Waals surface area contributed by atoms with Gasteiger partial charge in [0.1, 0.15) is 0 Å². The maximum atomic E-state index is 8.84. The molecule has 0 spiro atoms. The molecule has 0 aliphatic carbocycles. The predicted molar refractivity (Wildman–Crippen MR) is 70.8 cm³/mol. The van der Waals surface area contributed by atoms with Crippen molar-refractivity contribution < 1.29 is 0 Å². The Morgan fingerprint density at radius 1 is 1.35 bits per heavy atom. The second-order valence-electron chi connectivity index (χ2n) is 4.78. The van der Waals surface area contributed by atoms with Crippen LogP contribution in [-0.2, 0) is 0 Å². The summed E-state index contributed by atoms with van der Waals surface area (Å²) in [6.45, 7) is 3.32. The first kappa shape index (κ1) is 11.8. The molecule has 1 aliphatic rings. The van der Waals surface area contributed by atoms with Crippen molar-refractivity contribution in [1.82, 2.24) is 0 Å². The van der Waals surface area contributed by atoms with E-state index in [1.54, 1.807) is 6.07 Å². The molecule has 3 heteroatoms. The van der Waals surface area contributed by atoms with Gasteiger partial charge in [0, 0.05) is 12.6 Å². The number of nitriles is 1. The molecule has 1 unspecified atom stereocenters. The van der Waals surface area contributed by atoms with Gasteiger partial charge in [-0.1, -0.05) is 12.8 Å². The molecule has 0 bridgehead atoms. The van der Waals surface area contributed by atoms with Crippen molar-refractivity contribution in [3.05, 3.63) is 23.8 Å². The minimum atomic E-state index is 0.535. The molecule has 0 amide bonds. The molecule has 1 heterocycles. The van der Waals surface area contributed by atoms with Gasteiger partial charge in [0.05, 0.1) is 23.0 Å². The number of anilines is 2. The first-order chi connectivity index (χ1) is 8.22. The van der Waals surface area contributed by atoms with Crippen molar-refractivity contribution in [2.45, 2.75) is 38.6 Å². The molecule has 2 N–H and O–H groups in total. The van der Waals surface area contributed by atoms with Crippen LogP contribution in [0.25, 0.3) is 0 Å². The predicted octanol–water partition coefficient (Wildman–Crippen LogP) is 2.91. The molecule has 1 aromatic rings. The first-order valence-electron chi connectivity index (χ1n) is 6.28. The second kappa shape index (κ2) is 5.09. The molecule has 0 saturated carbocycles. The molecule has 1 fully saturated rings. The molecule has 0 aromatic heterocycles. The van der Waals surface area contributed by atoms with E-state index >= 15 is 0 Å². The molecule has 17 heavy (non-hydrogen) atoms. The molecule has 0 radical (unpaired) electrons. The fourth-order valence-corrected chi connectivity index (χ4v) is 2.52. The highest BCUT2D eigenvalue weighted by molar-refractivity contribution is 5.70. The normalized spacial score (nSPS) is 20.7. The Kier molecular flexibility index (Phi) is 3.53. The van der Waals surface area contributed by atoms with Gasteiger partial charge in [-0.2, -0.15) is 5.26 Å². The van der Waals surface area contributed by atoms with E-state index in [0.717, 1.165) is 17.9 Å². The summed E-state index contributed by atoms with van der Waals surface area (Å²) in [4.78, 5) is 2.38. The maximum absolute atomic E-state index is 8.84. The van der Waals surface area contributed by atoms with E-state index in [0.29, 0.717) is 11.6 Å². The Balaban J connectivity index is 2.29. The lowest BCUT2D eigenvalue weighted by molar-refractivity contribution is 0.616. The molecule has 1 aromatic carbocycles. The van der Waals surface area contributed by atoms with Gasteiger partial charge >= 0.3 is 0 Å². The fourth-order valence-electron chi connectivity index (χ4n) is 2.52. The largest absolute Gasteiger partial charge is 0.397 e. The number of nitrogens with two attached hydrogens (primary N) is 1. The topological polar surface area (TPSA) is 53.0 Å². The van der Waals surface area contributed by atoms with Gasteiger partial charge in [-0.05, 0) is 38.0 Å². The average Bonchev–Trinajstić information content (AvgIpc) is 2.54. The SMILES string of the molecule is CC1CCCCCN1c1ccc(C#N)cc1N. The van der Waals surface area contributed by atoms with Crippen LogP contribution in [0, 0.1) is 11.3 Å². The van der Waals surface area contributed by atoms with Crippen LogP contribution in [0.4, 0.5) is 11.4 Å². The first-order valence-corrected chi connectivity index (χ1v) is 6.28. The molecule has 1 atom stereocenters. The zero-order valence-corrected chi connectivity index (χ0v) is 10.3. The monoisotopic (exact) mass is 229 g/mol. The number of nitrogen functional groups attached to an aromatic ring is 1. The zero-order chi connectivity index (χ0) is 12.3. The van der Waals surface area contributed by atoms with Gasteiger partial charge in [0.15, 0.2) is 0 Å². The lowest BCUT2D eigenvalue weighted by Gasteiger charge is -2.30. The van der Waals surface area contributed by atoms with Crippen LogP contribution < -0.4 is 10.6 Å². The quantitative estimate of drug-likeness (QED) is 0.753.